The largest absolute Gasteiger partial charge is 0.481 e. The van der Waals surface area contributed by atoms with Crippen LogP contribution in [0.25, 0.3) is 0 Å². The molecular formula is C28H22N2O6. The molecule has 0 saturated carbocycles. The number of aliphatic carboxylic acids is 2. The van der Waals surface area contributed by atoms with Gasteiger partial charge >= 0.3 is 11.9 Å². The van der Waals surface area contributed by atoms with E-state index in [1.54, 1.807) is 60.7 Å². The van der Waals surface area contributed by atoms with Crippen molar-refractivity contribution in [2.75, 3.05) is 0 Å². The number of rotatable bonds is 6. The summed E-state index contributed by atoms with van der Waals surface area (Å²) < 4.78 is 0. The monoisotopic (exact) mass is 482 g/mol. The minimum absolute atomic E-state index is 0.186. The maximum atomic E-state index is 13.2. The SMILES string of the molecule is O=C(O)C1=CNC(c2ccccc2)C(Cc2cccc([N+](=O)[O-])c2)(C(=O)O)C1C#Cc1ccccc1. The molecular weight excluding hydrogens is 460 g/mol. The molecule has 3 atom stereocenters. The first-order chi connectivity index (χ1) is 17.3. The molecule has 0 amide bonds. The molecule has 1 heterocycles. The van der Waals surface area contributed by atoms with Gasteiger partial charge < -0.3 is 15.5 Å². The van der Waals surface area contributed by atoms with E-state index in [1.807, 2.05) is 6.07 Å². The lowest BCUT2D eigenvalue weighted by Gasteiger charge is -2.44. The molecule has 1 aliphatic heterocycles. The first-order valence-electron chi connectivity index (χ1n) is 11.1. The van der Waals surface area contributed by atoms with E-state index in [0.29, 0.717) is 16.7 Å². The molecule has 0 bridgehead atoms. The van der Waals surface area contributed by atoms with Gasteiger partial charge in [0.2, 0.25) is 0 Å². The lowest BCUT2D eigenvalue weighted by Crippen LogP contribution is -2.53. The third kappa shape index (κ3) is 4.68. The predicted octanol–water partition coefficient (Wildman–Crippen LogP) is 4.19. The molecule has 0 radical (unpaired) electrons. The van der Waals surface area contributed by atoms with Gasteiger partial charge in [-0.3, -0.25) is 14.9 Å². The summed E-state index contributed by atoms with van der Waals surface area (Å²) in [7, 11) is 0. The summed E-state index contributed by atoms with van der Waals surface area (Å²) in [6.07, 6.45) is 1.11. The van der Waals surface area contributed by atoms with Crippen LogP contribution in [0.1, 0.15) is 22.7 Å². The summed E-state index contributed by atoms with van der Waals surface area (Å²) in [5.41, 5.74) is -0.579. The van der Waals surface area contributed by atoms with Gasteiger partial charge in [0.15, 0.2) is 0 Å². The van der Waals surface area contributed by atoms with Crippen molar-refractivity contribution in [2.24, 2.45) is 11.3 Å². The molecule has 0 fully saturated rings. The van der Waals surface area contributed by atoms with Crippen LogP contribution < -0.4 is 5.32 Å². The van der Waals surface area contributed by atoms with Crippen molar-refractivity contribution >= 4 is 17.6 Å². The van der Waals surface area contributed by atoms with Crippen molar-refractivity contribution in [2.45, 2.75) is 12.5 Å². The van der Waals surface area contributed by atoms with Crippen molar-refractivity contribution in [1.29, 1.82) is 0 Å². The molecule has 0 spiro atoms. The summed E-state index contributed by atoms with van der Waals surface area (Å²) in [5.74, 6) is 2.08. The zero-order chi connectivity index (χ0) is 25.7. The van der Waals surface area contributed by atoms with Crippen LogP contribution in [0.5, 0.6) is 0 Å². The minimum Gasteiger partial charge on any atom is -0.481 e. The van der Waals surface area contributed by atoms with Crippen LogP contribution in [-0.2, 0) is 16.0 Å². The van der Waals surface area contributed by atoms with Gasteiger partial charge in [-0.2, -0.15) is 0 Å². The number of non-ortho nitro benzene ring substituents is 1. The van der Waals surface area contributed by atoms with E-state index in [1.165, 1.54) is 24.4 Å². The second-order valence-electron chi connectivity index (χ2n) is 8.43. The van der Waals surface area contributed by atoms with Crippen LogP contribution >= 0.6 is 0 Å². The van der Waals surface area contributed by atoms with Gasteiger partial charge in [-0.15, -0.1) is 0 Å². The Labute approximate surface area is 207 Å². The number of hydrogen-bond donors (Lipinski definition) is 3. The number of hydrogen-bond acceptors (Lipinski definition) is 5. The molecule has 3 aromatic carbocycles. The summed E-state index contributed by atoms with van der Waals surface area (Å²) in [4.78, 5) is 36.3. The average molecular weight is 482 g/mol. The molecule has 8 nitrogen and oxygen atoms in total. The molecule has 3 unspecified atom stereocenters. The molecule has 0 aliphatic carbocycles. The number of nitro benzene ring substituents is 1. The van der Waals surface area contributed by atoms with Crippen molar-refractivity contribution in [3.63, 3.8) is 0 Å². The van der Waals surface area contributed by atoms with Crippen LogP contribution in [-0.4, -0.2) is 27.1 Å². The molecule has 4 rings (SSSR count). The molecule has 0 saturated heterocycles. The third-order valence-electron chi connectivity index (χ3n) is 6.28. The van der Waals surface area contributed by atoms with Crippen LogP contribution in [0, 0.1) is 33.3 Å². The lowest BCUT2D eigenvalue weighted by molar-refractivity contribution is -0.384. The van der Waals surface area contributed by atoms with Gasteiger partial charge in [0, 0.05) is 23.9 Å². The predicted molar refractivity (Wildman–Crippen MR) is 132 cm³/mol. The number of nitrogens with one attached hydrogen (secondary N) is 1. The highest BCUT2D eigenvalue weighted by molar-refractivity contribution is 5.91. The number of carboxylic acids is 2. The first-order valence-corrected chi connectivity index (χ1v) is 11.1. The normalized spacial score (nSPS) is 20.7. The van der Waals surface area contributed by atoms with Gasteiger partial charge in [-0.05, 0) is 29.7 Å². The Balaban J connectivity index is 1.96. The van der Waals surface area contributed by atoms with Crippen LogP contribution in [0.4, 0.5) is 5.69 Å². The topological polar surface area (TPSA) is 130 Å². The highest BCUT2D eigenvalue weighted by atomic mass is 16.6. The molecule has 3 N–H and O–H groups in total. The third-order valence-corrected chi connectivity index (χ3v) is 6.28. The Kier molecular flexibility index (Phi) is 6.84. The fourth-order valence-corrected chi connectivity index (χ4v) is 4.60. The molecule has 0 aromatic heterocycles. The fraction of sp³-hybridized carbons (Fsp3) is 0.143. The van der Waals surface area contributed by atoms with Gasteiger partial charge in [0.1, 0.15) is 5.41 Å². The van der Waals surface area contributed by atoms with Gasteiger partial charge in [0.05, 0.1) is 22.5 Å². The quantitative estimate of drug-likeness (QED) is 0.273. The Morgan fingerprint density at radius 1 is 0.972 bits per heavy atom. The second-order valence-corrected chi connectivity index (χ2v) is 8.43. The van der Waals surface area contributed by atoms with Crippen molar-refractivity contribution in [1.82, 2.24) is 5.32 Å². The second kappa shape index (κ2) is 10.2. The van der Waals surface area contributed by atoms with E-state index in [0.717, 1.165) is 0 Å². The highest BCUT2D eigenvalue weighted by Gasteiger charge is 2.56. The van der Waals surface area contributed by atoms with Crippen LogP contribution in [0.2, 0.25) is 0 Å². The summed E-state index contributed by atoms with van der Waals surface area (Å²) >= 11 is 0. The molecule has 1 aliphatic rings. The minimum atomic E-state index is -1.80. The summed E-state index contributed by atoms with van der Waals surface area (Å²) in [6, 6.07) is 22.5. The van der Waals surface area contributed by atoms with E-state index in [2.05, 4.69) is 17.2 Å². The van der Waals surface area contributed by atoms with Crippen LogP contribution in [0.15, 0.2) is 96.7 Å². The van der Waals surface area contributed by atoms with Crippen molar-refractivity contribution < 1.29 is 24.7 Å². The lowest BCUT2D eigenvalue weighted by atomic mass is 9.61. The number of benzene rings is 3. The van der Waals surface area contributed by atoms with E-state index in [4.69, 9.17) is 0 Å². The van der Waals surface area contributed by atoms with Crippen molar-refractivity contribution in [3.05, 3.63) is 124 Å². The van der Waals surface area contributed by atoms with Crippen LogP contribution in [0.3, 0.4) is 0 Å². The van der Waals surface area contributed by atoms with Gasteiger partial charge in [0.25, 0.3) is 5.69 Å². The van der Waals surface area contributed by atoms with E-state index in [9.17, 15) is 29.9 Å². The maximum absolute atomic E-state index is 13.2. The smallest absolute Gasteiger partial charge is 0.334 e. The Hall–Kier alpha value is -4.90. The van der Waals surface area contributed by atoms with Gasteiger partial charge in [-0.25, -0.2) is 4.79 Å². The first kappa shape index (κ1) is 24.2. The number of nitro groups is 1. The standard InChI is InChI=1S/C28H22N2O6/c31-26(32)23-18-29-25(21-11-5-2-6-12-21)28(27(33)34,17-20-10-7-13-22(16-20)30(35)36)24(23)15-14-19-8-3-1-4-9-19/h1-13,16,18,24-25,29H,17H2,(H,31,32)(H,33,34). The Morgan fingerprint density at radius 3 is 2.25 bits per heavy atom. The summed E-state index contributed by atoms with van der Waals surface area (Å²) in [6.45, 7) is 0. The molecule has 180 valence electrons. The maximum Gasteiger partial charge on any atom is 0.334 e. The van der Waals surface area contributed by atoms with Crippen molar-refractivity contribution in [3.8, 4) is 11.8 Å². The van der Waals surface area contributed by atoms with E-state index >= 15 is 0 Å². The Bertz CT molecular complexity index is 1390. The van der Waals surface area contributed by atoms with E-state index in [-0.39, 0.29) is 17.7 Å². The fourth-order valence-electron chi connectivity index (χ4n) is 4.60. The van der Waals surface area contributed by atoms with Gasteiger partial charge in [-0.1, -0.05) is 72.5 Å². The van der Waals surface area contributed by atoms with E-state index < -0.39 is 34.2 Å². The zero-order valence-electron chi connectivity index (χ0n) is 19.0. The Morgan fingerprint density at radius 2 is 1.64 bits per heavy atom. The number of carboxylic acid groups (broad SMARTS) is 2. The number of nitrogens with zero attached hydrogens (tertiary/aromatic N) is 1. The average Bonchev–Trinajstić information content (AvgIpc) is 2.88. The summed E-state index contributed by atoms with van der Waals surface area (Å²) in [5, 5.41) is 35.1. The molecule has 8 heteroatoms. The highest BCUT2D eigenvalue weighted by Crippen LogP contribution is 2.49. The zero-order valence-corrected chi connectivity index (χ0v) is 19.0. The molecule has 3 aromatic rings. The number of carbonyl (C=O) groups is 2. The molecule has 36 heavy (non-hydrogen) atoms.